The minimum atomic E-state index is 0.609. The zero-order valence-corrected chi connectivity index (χ0v) is 12.4. The van der Waals surface area contributed by atoms with E-state index >= 15 is 0 Å². The fourth-order valence-electron chi connectivity index (χ4n) is 5.21. The van der Waals surface area contributed by atoms with Crippen LogP contribution in [0.4, 0.5) is 0 Å². The van der Waals surface area contributed by atoms with E-state index in [9.17, 15) is 0 Å². The Morgan fingerprint density at radius 3 is 2.95 bits per heavy atom. The Kier molecular flexibility index (Phi) is 3.31. The number of piperidine rings is 1. The minimum absolute atomic E-state index is 0.609. The van der Waals surface area contributed by atoms with Crippen molar-refractivity contribution >= 4 is 0 Å². The highest BCUT2D eigenvalue weighted by Gasteiger charge is 2.53. The van der Waals surface area contributed by atoms with Gasteiger partial charge in [-0.2, -0.15) is 0 Å². The molecule has 3 unspecified atom stereocenters. The van der Waals surface area contributed by atoms with Crippen LogP contribution in [0.5, 0.6) is 0 Å². The highest BCUT2D eigenvalue weighted by molar-refractivity contribution is 5.18. The fraction of sp³-hybridized carbons (Fsp3) is 0.667. The van der Waals surface area contributed by atoms with Gasteiger partial charge in [0.2, 0.25) is 0 Å². The standard InChI is InChI=1S/C18H26N2/c1-2-5-15(6-3-1)13-16-14-19-10-8-18(16)9-12-20-11-4-7-17(18)20/h1-3,5-6,16-17,19H,4,7-14H2. The molecule has 3 atom stereocenters. The van der Waals surface area contributed by atoms with Crippen molar-refractivity contribution in [3.63, 3.8) is 0 Å². The van der Waals surface area contributed by atoms with Gasteiger partial charge in [0, 0.05) is 6.04 Å². The Labute approximate surface area is 122 Å². The molecule has 0 aliphatic carbocycles. The molecule has 0 saturated carbocycles. The van der Waals surface area contributed by atoms with Gasteiger partial charge in [-0.25, -0.2) is 0 Å². The van der Waals surface area contributed by atoms with Gasteiger partial charge in [0.1, 0.15) is 0 Å². The maximum absolute atomic E-state index is 3.67. The van der Waals surface area contributed by atoms with Crippen molar-refractivity contribution in [2.24, 2.45) is 11.3 Å². The van der Waals surface area contributed by atoms with Gasteiger partial charge in [0.05, 0.1) is 0 Å². The number of hydrogen-bond donors (Lipinski definition) is 1. The lowest BCUT2D eigenvalue weighted by molar-refractivity contribution is 0.0693. The molecule has 1 aromatic carbocycles. The molecule has 3 aliphatic rings. The molecular weight excluding hydrogens is 244 g/mol. The summed E-state index contributed by atoms with van der Waals surface area (Å²) in [5, 5.41) is 3.67. The Morgan fingerprint density at radius 2 is 2.05 bits per heavy atom. The van der Waals surface area contributed by atoms with E-state index in [0.717, 1.165) is 12.0 Å². The lowest BCUT2D eigenvalue weighted by Gasteiger charge is -2.46. The third-order valence-electron chi connectivity index (χ3n) is 6.19. The van der Waals surface area contributed by atoms with E-state index in [1.165, 1.54) is 63.8 Å². The van der Waals surface area contributed by atoms with E-state index in [0.29, 0.717) is 5.41 Å². The maximum atomic E-state index is 3.67. The number of nitrogens with one attached hydrogen (secondary N) is 1. The van der Waals surface area contributed by atoms with Crippen LogP contribution in [0.15, 0.2) is 30.3 Å². The van der Waals surface area contributed by atoms with Crippen LogP contribution in [0.1, 0.15) is 31.2 Å². The quantitative estimate of drug-likeness (QED) is 0.889. The van der Waals surface area contributed by atoms with Crippen LogP contribution in [-0.2, 0) is 6.42 Å². The maximum Gasteiger partial charge on any atom is 0.0156 e. The SMILES string of the molecule is c1ccc(CC2CNCCC23CCN2CCCC23)cc1. The average molecular weight is 270 g/mol. The molecule has 2 nitrogen and oxygen atoms in total. The monoisotopic (exact) mass is 270 g/mol. The van der Waals surface area contributed by atoms with Crippen molar-refractivity contribution in [1.82, 2.24) is 10.2 Å². The van der Waals surface area contributed by atoms with Crippen molar-refractivity contribution < 1.29 is 0 Å². The summed E-state index contributed by atoms with van der Waals surface area (Å²) in [6, 6.07) is 12.0. The molecule has 1 spiro atoms. The van der Waals surface area contributed by atoms with Crippen LogP contribution >= 0.6 is 0 Å². The molecule has 20 heavy (non-hydrogen) atoms. The van der Waals surface area contributed by atoms with Gasteiger partial charge >= 0.3 is 0 Å². The van der Waals surface area contributed by atoms with Crippen molar-refractivity contribution in [3.05, 3.63) is 35.9 Å². The predicted molar refractivity (Wildman–Crippen MR) is 82.8 cm³/mol. The van der Waals surface area contributed by atoms with Gasteiger partial charge in [-0.1, -0.05) is 30.3 Å². The average Bonchev–Trinajstić information content (AvgIpc) is 3.08. The topological polar surface area (TPSA) is 15.3 Å². The molecule has 3 fully saturated rings. The van der Waals surface area contributed by atoms with Gasteiger partial charge in [-0.15, -0.1) is 0 Å². The summed E-state index contributed by atoms with van der Waals surface area (Å²) in [4.78, 5) is 2.79. The number of hydrogen-bond acceptors (Lipinski definition) is 2. The third-order valence-corrected chi connectivity index (χ3v) is 6.19. The van der Waals surface area contributed by atoms with Crippen LogP contribution in [0.2, 0.25) is 0 Å². The Balaban J connectivity index is 1.60. The summed E-state index contributed by atoms with van der Waals surface area (Å²) >= 11 is 0. The van der Waals surface area contributed by atoms with E-state index in [1.54, 1.807) is 0 Å². The molecule has 3 heterocycles. The molecule has 1 N–H and O–H groups in total. The van der Waals surface area contributed by atoms with Crippen LogP contribution in [0.3, 0.4) is 0 Å². The molecule has 3 aliphatic heterocycles. The molecule has 4 rings (SSSR count). The van der Waals surface area contributed by atoms with Gasteiger partial charge in [-0.3, -0.25) is 4.90 Å². The predicted octanol–water partition coefficient (Wildman–Crippen LogP) is 2.69. The van der Waals surface area contributed by atoms with Gasteiger partial charge in [0.15, 0.2) is 0 Å². The zero-order valence-electron chi connectivity index (χ0n) is 12.4. The van der Waals surface area contributed by atoms with Crippen LogP contribution in [0.25, 0.3) is 0 Å². The van der Waals surface area contributed by atoms with Crippen molar-refractivity contribution in [2.45, 2.75) is 38.1 Å². The van der Waals surface area contributed by atoms with Crippen molar-refractivity contribution in [2.75, 3.05) is 26.2 Å². The number of fused-ring (bicyclic) bond motifs is 2. The van der Waals surface area contributed by atoms with Crippen LogP contribution < -0.4 is 5.32 Å². The van der Waals surface area contributed by atoms with Crippen molar-refractivity contribution in [3.8, 4) is 0 Å². The van der Waals surface area contributed by atoms with E-state index < -0.39 is 0 Å². The lowest BCUT2D eigenvalue weighted by Crippen LogP contribution is -2.51. The molecule has 3 saturated heterocycles. The summed E-state index contributed by atoms with van der Waals surface area (Å²) in [5.41, 5.74) is 2.13. The van der Waals surface area contributed by atoms with Gasteiger partial charge < -0.3 is 5.32 Å². The summed E-state index contributed by atoms with van der Waals surface area (Å²) in [6.45, 7) is 5.17. The first-order valence-electron chi connectivity index (χ1n) is 8.37. The summed E-state index contributed by atoms with van der Waals surface area (Å²) < 4.78 is 0. The minimum Gasteiger partial charge on any atom is -0.316 e. The highest BCUT2D eigenvalue weighted by atomic mass is 15.2. The van der Waals surface area contributed by atoms with Gasteiger partial charge in [0.25, 0.3) is 0 Å². The Bertz CT molecular complexity index is 454. The van der Waals surface area contributed by atoms with Crippen molar-refractivity contribution in [1.29, 1.82) is 0 Å². The first-order chi connectivity index (χ1) is 9.88. The van der Waals surface area contributed by atoms with Crippen LogP contribution in [0, 0.1) is 11.3 Å². The largest absolute Gasteiger partial charge is 0.316 e. The van der Waals surface area contributed by atoms with E-state index in [2.05, 4.69) is 40.5 Å². The molecular formula is C18H26N2. The summed E-state index contributed by atoms with van der Waals surface area (Å²) in [5.74, 6) is 0.826. The lowest BCUT2D eigenvalue weighted by atomic mass is 9.63. The number of nitrogens with zero attached hydrogens (tertiary/aromatic N) is 1. The van der Waals surface area contributed by atoms with E-state index in [4.69, 9.17) is 0 Å². The Hall–Kier alpha value is -0.860. The second kappa shape index (κ2) is 5.16. The summed E-state index contributed by atoms with van der Waals surface area (Å²) in [7, 11) is 0. The zero-order chi connectivity index (χ0) is 13.4. The normalized spacial score (nSPS) is 37.4. The number of rotatable bonds is 2. The summed E-state index contributed by atoms with van der Waals surface area (Å²) in [6.07, 6.45) is 6.98. The van der Waals surface area contributed by atoms with E-state index in [1.807, 2.05) is 0 Å². The molecule has 0 bridgehead atoms. The number of benzene rings is 1. The van der Waals surface area contributed by atoms with Gasteiger partial charge in [-0.05, 0) is 75.2 Å². The third kappa shape index (κ3) is 2.01. The molecule has 2 heteroatoms. The molecule has 0 amide bonds. The van der Waals surface area contributed by atoms with Crippen LogP contribution in [-0.4, -0.2) is 37.1 Å². The first-order valence-corrected chi connectivity index (χ1v) is 8.37. The van der Waals surface area contributed by atoms with E-state index in [-0.39, 0.29) is 0 Å². The smallest absolute Gasteiger partial charge is 0.0156 e. The molecule has 0 radical (unpaired) electrons. The highest BCUT2D eigenvalue weighted by Crippen LogP contribution is 2.51. The molecule has 0 aromatic heterocycles. The molecule has 108 valence electrons. The fourth-order valence-corrected chi connectivity index (χ4v) is 5.21. The second-order valence-electron chi connectivity index (χ2n) is 7.02. The molecule has 1 aromatic rings. The first kappa shape index (κ1) is 12.8. The Morgan fingerprint density at radius 1 is 1.15 bits per heavy atom. The second-order valence-corrected chi connectivity index (χ2v) is 7.02.